The minimum Gasteiger partial charge on any atom is -0.497 e. The molecule has 0 heterocycles. The topological polar surface area (TPSA) is 84.5 Å². The van der Waals surface area contributed by atoms with E-state index in [4.69, 9.17) is 4.74 Å². The summed E-state index contributed by atoms with van der Waals surface area (Å²) in [7, 11) is -1.93. The Morgan fingerprint density at radius 2 is 1.53 bits per heavy atom. The van der Waals surface area contributed by atoms with Crippen LogP contribution in [0.25, 0.3) is 10.8 Å². The fourth-order valence-corrected chi connectivity index (χ4v) is 4.39. The zero-order valence-electron chi connectivity index (χ0n) is 17.5. The molecule has 0 radical (unpaired) electrons. The minimum atomic E-state index is -3.56. The van der Waals surface area contributed by atoms with Gasteiger partial charge in [-0.25, -0.2) is 13.1 Å². The molecule has 3 aromatic carbocycles. The van der Waals surface area contributed by atoms with Crippen LogP contribution in [0.3, 0.4) is 0 Å². The summed E-state index contributed by atoms with van der Waals surface area (Å²) >= 11 is 0. The van der Waals surface area contributed by atoms with Crippen molar-refractivity contribution in [1.82, 2.24) is 4.72 Å². The first-order valence-corrected chi connectivity index (χ1v) is 11.2. The third kappa shape index (κ3) is 4.98. The van der Waals surface area contributed by atoms with Gasteiger partial charge in [0.25, 0.3) is 0 Å². The number of anilines is 1. The average molecular weight is 427 g/mol. The Kier molecular flexibility index (Phi) is 6.43. The van der Waals surface area contributed by atoms with Gasteiger partial charge in [-0.1, -0.05) is 24.3 Å². The highest BCUT2D eigenvalue weighted by Crippen LogP contribution is 2.26. The summed E-state index contributed by atoms with van der Waals surface area (Å²) in [5, 5.41) is 4.92. The molecule has 0 saturated heterocycles. The van der Waals surface area contributed by atoms with E-state index in [1.165, 1.54) is 12.1 Å². The number of hydrogen-bond donors (Lipinski definition) is 2. The van der Waals surface area contributed by atoms with Crippen molar-refractivity contribution in [2.45, 2.75) is 37.6 Å². The number of ether oxygens (including phenoxy) is 1. The molecule has 6 nitrogen and oxygen atoms in total. The first-order valence-electron chi connectivity index (χ1n) is 9.70. The normalized spacial score (nSPS) is 12.7. The number of carbonyl (C=O) groups is 1. The summed E-state index contributed by atoms with van der Waals surface area (Å²) in [5.74, 6) is 0.247. The summed E-state index contributed by atoms with van der Waals surface area (Å²) in [6, 6.07) is 17.6. The fraction of sp³-hybridized carbons (Fsp3) is 0.261. The van der Waals surface area contributed by atoms with Crippen LogP contribution in [0.5, 0.6) is 5.75 Å². The van der Waals surface area contributed by atoms with E-state index in [-0.39, 0.29) is 22.8 Å². The minimum absolute atomic E-state index is 0.159. The van der Waals surface area contributed by atoms with Gasteiger partial charge in [0.2, 0.25) is 15.9 Å². The van der Waals surface area contributed by atoms with Crippen LogP contribution in [-0.2, 0) is 14.8 Å². The van der Waals surface area contributed by atoms with Crippen molar-refractivity contribution in [3.63, 3.8) is 0 Å². The average Bonchev–Trinajstić information content (AvgIpc) is 2.71. The van der Waals surface area contributed by atoms with Gasteiger partial charge in [-0.05, 0) is 73.5 Å². The van der Waals surface area contributed by atoms with E-state index in [2.05, 4.69) is 10.0 Å². The molecule has 0 aromatic heterocycles. The molecule has 0 aliphatic rings. The van der Waals surface area contributed by atoms with Crippen LogP contribution in [-0.4, -0.2) is 27.5 Å². The molecule has 2 N–H and O–H groups in total. The molecule has 3 aromatic rings. The van der Waals surface area contributed by atoms with E-state index in [1.807, 2.05) is 43.3 Å². The summed E-state index contributed by atoms with van der Waals surface area (Å²) in [4.78, 5) is 12.9. The third-order valence-electron chi connectivity index (χ3n) is 4.79. The van der Waals surface area contributed by atoms with Crippen LogP contribution in [0.4, 0.5) is 5.69 Å². The van der Waals surface area contributed by atoms with Crippen LogP contribution in [0.1, 0.15) is 32.3 Å². The number of methoxy groups -OCH3 is 1. The quantitative estimate of drug-likeness (QED) is 0.591. The monoisotopic (exact) mass is 426 g/mol. The molecule has 0 unspecified atom stereocenters. The number of rotatable bonds is 7. The van der Waals surface area contributed by atoms with Crippen LogP contribution in [0.2, 0.25) is 0 Å². The van der Waals surface area contributed by atoms with Crippen molar-refractivity contribution in [2.24, 2.45) is 0 Å². The zero-order chi connectivity index (χ0) is 21.9. The number of sulfonamides is 1. The van der Waals surface area contributed by atoms with Gasteiger partial charge in [-0.3, -0.25) is 4.79 Å². The lowest BCUT2D eigenvalue weighted by Gasteiger charge is -2.14. The Morgan fingerprint density at radius 3 is 2.17 bits per heavy atom. The van der Waals surface area contributed by atoms with E-state index in [1.54, 1.807) is 33.1 Å². The third-order valence-corrected chi connectivity index (χ3v) is 6.46. The molecule has 158 valence electrons. The van der Waals surface area contributed by atoms with Gasteiger partial charge in [0, 0.05) is 11.7 Å². The molecule has 0 saturated carbocycles. The molecular formula is C23H26N2O4S. The molecule has 30 heavy (non-hydrogen) atoms. The van der Waals surface area contributed by atoms with Gasteiger partial charge in [0.15, 0.2) is 0 Å². The first kappa shape index (κ1) is 21.8. The number of hydrogen-bond acceptors (Lipinski definition) is 4. The Morgan fingerprint density at radius 1 is 0.900 bits per heavy atom. The van der Waals surface area contributed by atoms with Crippen molar-refractivity contribution in [2.75, 3.05) is 12.4 Å². The number of nitrogens with one attached hydrogen (secondary N) is 2. The summed E-state index contributed by atoms with van der Waals surface area (Å²) in [6.45, 7) is 5.36. The zero-order valence-corrected chi connectivity index (χ0v) is 18.3. The molecule has 1 atom stereocenters. The summed E-state index contributed by atoms with van der Waals surface area (Å²) < 4.78 is 32.2. The first-order chi connectivity index (χ1) is 14.2. The molecule has 1 amide bonds. The lowest BCUT2D eigenvalue weighted by atomic mass is 9.97. The lowest BCUT2D eigenvalue weighted by molar-refractivity contribution is -0.117. The van der Waals surface area contributed by atoms with Crippen LogP contribution >= 0.6 is 0 Å². The van der Waals surface area contributed by atoms with E-state index in [0.717, 1.165) is 22.1 Å². The lowest BCUT2D eigenvalue weighted by Crippen LogP contribution is -2.30. The number of fused-ring (bicyclic) bond motifs is 1. The van der Waals surface area contributed by atoms with Crippen LogP contribution < -0.4 is 14.8 Å². The molecule has 0 aliphatic heterocycles. The van der Waals surface area contributed by atoms with Crippen molar-refractivity contribution >= 4 is 32.4 Å². The van der Waals surface area contributed by atoms with Gasteiger partial charge >= 0.3 is 0 Å². The van der Waals surface area contributed by atoms with Crippen LogP contribution in [0, 0.1) is 0 Å². The highest BCUT2D eigenvalue weighted by Gasteiger charge is 2.18. The van der Waals surface area contributed by atoms with Gasteiger partial charge < -0.3 is 10.1 Å². The highest BCUT2D eigenvalue weighted by atomic mass is 32.2. The predicted octanol–water partition coefficient (Wildman–Crippen LogP) is 4.28. The molecule has 0 spiro atoms. The molecule has 7 heteroatoms. The Bertz CT molecular complexity index is 1160. The maximum absolute atomic E-state index is 12.7. The second-order valence-electron chi connectivity index (χ2n) is 7.48. The van der Waals surface area contributed by atoms with E-state index in [9.17, 15) is 13.2 Å². The Balaban J connectivity index is 1.73. The smallest absolute Gasteiger partial charge is 0.240 e. The number of carbonyl (C=O) groups excluding carboxylic acids is 1. The SMILES string of the molecule is COc1ccc2cc([C@H](C)C(=O)Nc3ccc(S(=O)(=O)NC(C)C)cc3)ccc2c1. The highest BCUT2D eigenvalue weighted by molar-refractivity contribution is 7.89. The molecule has 3 rings (SSSR count). The predicted molar refractivity (Wildman–Crippen MR) is 119 cm³/mol. The van der Waals surface area contributed by atoms with Crippen molar-refractivity contribution in [3.05, 3.63) is 66.2 Å². The van der Waals surface area contributed by atoms with Crippen molar-refractivity contribution in [3.8, 4) is 5.75 Å². The number of amides is 1. The second kappa shape index (κ2) is 8.85. The molecular weight excluding hydrogens is 400 g/mol. The van der Waals surface area contributed by atoms with Crippen molar-refractivity contribution in [1.29, 1.82) is 0 Å². The molecule has 0 fully saturated rings. The Labute approximate surface area is 177 Å². The summed E-state index contributed by atoms with van der Waals surface area (Å²) in [6.07, 6.45) is 0. The molecule has 0 aliphatic carbocycles. The van der Waals surface area contributed by atoms with Gasteiger partial charge in [0.1, 0.15) is 5.75 Å². The van der Waals surface area contributed by atoms with E-state index >= 15 is 0 Å². The largest absolute Gasteiger partial charge is 0.497 e. The maximum atomic E-state index is 12.7. The maximum Gasteiger partial charge on any atom is 0.240 e. The summed E-state index contributed by atoms with van der Waals surface area (Å²) in [5.41, 5.74) is 1.44. The van der Waals surface area contributed by atoms with Gasteiger partial charge in [0.05, 0.1) is 17.9 Å². The standard InChI is InChI=1S/C23H26N2O4S/c1-15(2)25-30(27,28)22-11-8-20(9-12-22)24-23(26)16(3)17-5-6-19-14-21(29-4)10-7-18(19)13-17/h5-16,25H,1-4H3,(H,24,26)/t16-/m0/s1. The fourth-order valence-electron chi connectivity index (χ4n) is 3.14. The second-order valence-corrected chi connectivity index (χ2v) is 9.20. The van der Waals surface area contributed by atoms with Crippen molar-refractivity contribution < 1.29 is 17.9 Å². The van der Waals surface area contributed by atoms with Gasteiger partial charge in [-0.15, -0.1) is 0 Å². The van der Waals surface area contributed by atoms with Crippen LogP contribution in [0.15, 0.2) is 65.6 Å². The van der Waals surface area contributed by atoms with E-state index in [0.29, 0.717) is 5.69 Å². The Hall–Kier alpha value is -2.90. The van der Waals surface area contributed by atoms with E-state index < -0.39 is 10.0 Å². The van der Waals surface area contributed by atoms with Gasteiger partial charge in [-0.2, -0.15) is 0 Å². The number of benzene rings is 3. The molecule has 0 bridgehead atoms.